The molecule has 8 nitrogen and oxygen atoms in total. The summed E-state index contributed by atoms with van der Waals surface area (Å²) in [6.45, 7) is 0. The van der Waals surface area contributed by atoms with E-state index in [0.717, 1.165) is 66.5 Å². The average molecular weight is 1260 g/mol. The Morgan fingerprint density at radius 2 is 0.629 bits per heavy atom. The first-order chi connectivity index (χ1) is 48.1. The lowest BCUT2D eigenvalue weighted by molar-refractivity contribution is 1.01. The Labute approximate surface area is 559 Å². The fourth-order valence-corrected chi connectivity index (χ4v) is 15.8. The number of halogens is 1. The smallest absolute Gasteiger partial charge is 0.235 e. The molecule has 97 heavy (non-hydrogen) atoms. The minimum absolute atomic E-state index is 0.267. The van der Waals surface area contributed by atoms with E-state index in [4.69, 9.17) is 21.6 Å². The van der Waals surface area contributed by atoms with E-state index >= 15 is 0 Å². The Bertz CT molecular complexity index is 6870. The monoisotopic (exact) mass is 1260 g/mol. The van der Waals surface area contributed by atoms with Crippen LogP contribution in [0.15, 0.2) is 315 Å². The van der Waals surface area contributed by atoms with E-state index in [1.54, 1.807) is 0 Å². The van der Waals surface area contributed by atoms with Crippen LogP contribution in [-0.4, -0.2) is 38.3 Å². The van der Waals surface area contributed by atoms with Gasteiger partial charge in [-0.3, -0.25) is 4.57 Å². The van der Waals surface area contributed by atoms with Crippen molar-refractivity contribution in [2.45, 2.75) is 0 Å². The lowest BCUT2D eigenvalue weighted by Gasteiger charge is -2.13. The summed E-state index contributed by atoms with van der Waals surface area (Å²) in [4.78, 5) is 23.2. The highest BCUT2D eigenvalue weighted by Crippen LogP contribution is 2.46. The molecule has 0 atom stereocenters. The van der Waals surface area contributed by atoms with Gasteiger partial charge in [0.15, 0.2) is 0 Å². The number of hydrogen-bond donors (Lipinski definition) is 1. The van der Waals surface area contributed by atoms with Crippen LogP contribution in [0.25, 0.3) is 192 Å². The van der Waals surface area contributed by atoms with Crippen LogP contribution in [0.1, 0.15) is 0 Å². The Balaban J connectivity index is 0.000000110. The molecule has 0 bridgehead atoms. The van der Waals surface area contributed by atoms with Crippen molar-refractivity contribution in [1.29, 1.82) is 0 Å². The molecule has 0 aliphatic carbocycles. The van der Waals surface area contributed by atoms with Crippen LogP contribution in [0.3, 0.4) is 0 Å². The molecule has 0 unspecified atom stereocenters. The summed E-state index contributed by atoms with van der Waals surface area (Å²) in [5, 5.41) is 17.7. The van der Waals surface area contributed by atoms with Crippen molar-refractivity contribution >= 4 is 153 Å². The van der Waals surface area contributed by atoms with Crippen molar-refractivity contribution in [2.24, 2.45) is 0 Å². The largest absolute Gasteiger partial charge is 0.354 e. The molecule has 0 aliphatic heterocycles. The van der Waals surface area contributed by atoms with Gasteiger partial charge >= 0.3 is 0 Å². The van der Waals surface area contributed by atoms with E-state index in [1.165, 1.54) is 120 Å². The Kier molecular flexibility index (Phi) is 12.2. The average Bonchev–Trinajstić information content (AvgIpc) is 1.56. The van der Waals surface area contributed by atoms with Crippen LogP contribution in [0.4, 0.5) is 0 Å². The van der Waals surface area contributed by atoms with Gasteiger partial charge in [0, 0.05) is 86.8 Å². The lowest BCUT2D eigenvalue weighted by atomic mass is 10.0. The molecule has 22 aromatic rings. The molecule has 14 aromatic carbocycles. The van der Waals surface area contributed by atoms with Crippen molar-refractivity contribution in [3.63, 3.8) is 0 Å². The Hall–Kier alpha value is -12.8. The molecule has 8 heterocycles. The van der Waals surface area contributed by atoms with Crippen LogP contribution < -0.4 is 0 Å². The zero-order valence-electron chi connectivity index (χ0n) is 52.0. The first-order valence-electron chi connectivity index (χ1n) is 32.7. The van der Waals surface area contributed by atoms with Gasteiger partial charge in [-0.25, -0.2) is 19.9 Å². The van der Waals surface area contributed by atoms with Gasteiger partial charge in [0.1, 0.15) is 0 Å². The van der Waals surface area contributed by atoms with E-state index in [2.05, 4.69) is 289 Å². The normalized spacial score (nSPS) is 12.0. The third kappa shape index (κ3) is 8.44. The molecule has 0 fully saturated rings. The van der Waals surface area contributed by atoms with Gasteiger partial charge in [-0.1, -0.05) is 243 Å². The first kappa shape index (κ1) is 54.8. The number of benzene rings is 14. The molecular weight excluding hydrogens is 1200 g/mol. The molecule has 8 aromatic heterocycles. The molecule has 0 aliphatic rings. The number of nitrogens with one attached hydrogen (secondary N) is 1. The molecule has 1 N–H and O–H groups in total. The summed E-state index contributed by atoms with van der Waals surface area (Å²) in [7, 11) is 0. The number of H-pyrrole nitrogens is 1. The summed E-state index contributed by atoms with van der Waals surface area (Å²) in [6, 6.07) is 111. The third-order valence-electron chi connectivity index (χ3n) is 19.7. The van der Waals surface area contributed by atoms with Crippen LogP contribution in [0.2, 0.25) is 5.28 Å². The van der Waals surface area contributed by atoms with Gasteiger partial charge in [0.25, 0.3) is 0 Å². The summed E-state index contributed by atoms with van der Waals surface area (Å²) in [6.07, 6.45) is 0. The van der Waals surface area contributed by atoms with E-state index in [1.807, 2.05) is 54.6 Å². The molecule has 452 valence electrons. The highest BCUT2D eigenvalue weighted by Gasteiger charge is 2.25. The predicted octanol–water partition coefficient (Wildman–Crippen LogP) is 23.3. The Morgan fingerprint density at radius 1 is 0.247 bits per heavy atom. The zero-order valence-corrected chi connectivity index (χ0v) is 52.8. The molecule has 0 saturated heterocycles. The maximum Gasteiger partial charge on any atom is 0.235 e. The second kappa shape index (κ2) is 21.7. The maximum absolute atomic E-state index is 6.11. The predicted molar refractivity (Wildman–Crippen MR) is 405 cm³/mol. The topological polar surface area (TPSA) is 81.1 Å². The molecular formula is C88H53ClN8. The zero-order chi connectivity index (χ0) is 63.8. The number of aromatic nitrogens is 8. The van der Waals surface area contributed by atoms with Gasteiger partial charge in [0.05, 0.1) is 66.6 Å². The van der Waals surface area contributed by atoms with Gasteiger partial charge in [0.2, 0.25) is 11.2 Å². The molecule has 22 rings (SSSR count). The molecule has 0 radical (unpaired) electrons. The van der Waals surface area contributed by atoms with Gasteiger partial charge in [-0.15, -0.1) is 0 Å². The third-order valence-corrected chi connectivity index (χ3v) is 19.9. The summed E-state index contributed by atoms with van der Waals surface area (Å²) >= 11 is 6.11. The second-order valence-electron chi connectivity index (χ2n) is 25.0. The van der Waals surface area contributed by atoms with E-state index in [9.17, 15) is 0 Å². The maximum atomic E-state index is 6.11. The number of fused-ring (bicyclic) bond motifs is 12. The lowest BCUT2D eigenvalue weighted by Crippen LogP contribution is -2.03. The van der Waals surface area contributed by atoms with Crippen LogP contribution in [0, 0.1) is 0 Å². The molecule has 0 amide bonds. The fraction of sp³-hybridized carbons (Fsp3) is 0. The van der Waals surface area contributed by atoms with E-state index in [0.29, 0.717) is 5.95 Å². The number of nitrogens with zero attached hydrogens (tertiary/aromatic N) is 7. The van der Waals surface area contributed by atoms with Crippen molar-refractivity contribution in [3.05, 3.63) is 321 Å². The molecule has 9 heteroatoms. The van der Waals surface area contributed by atoms with Crippen molar-refractivity contribution in [1.82, 2.24) is 38.3 Å². The van der Waals surface area contributed by atoms with Crippen molar-refractivity contribution in [2.75, 3.05) is 0 Å². The van der Waals surface area contributed by atoms with Crippen molar-refractivity contribution < 1.29 is 0 Å². The highest BCUT2D eigenvalue weighted by atomic mass is 35.5. The minimum atomic E-state index is 0.267. The van der Waals surface area contributed by atoms with E-state index < -0.39 is 0 Å². The molecule has 0 spiro atoms. The van der Waals surface area contributed by atoms with Crippen LogP contribution >= 0.6 is 11.6 Å². The molecule has 0 saturated carbocycles. The van der Waals surface area contributed by atoms with Crippen molar-refractivity contribution in [3.8, 4) is 50.7 Å². The quantitative estimate of drug-likeness (QED) is 0.174. The van der Waals surface area contributed by atoms with Gasteiger partial charge in [-0.2, -0.15) is 0 Å². The van der Waals surface area contributed by atoms with Crippen LogP contribution in [0.5, 0.6) is 0 Å². The Morgan fingerprint density at radius 3 is 1.20 bits per heavy atom. The SMILES string of the molecule is Clc1nc(-c2ccccc2)c2cc(-c3ccccc3)ccc2n1.c1cc2[nH]c3cccc4c3c2c(c1)c1cccc2c3ccccc3n4c12.c1ccc(-c2ccc3nc(-n4c5cccc6c7cccc8c9ccccc9n(c9cccc4c9c65)c78)nc(-c4ccccc4)c3c2)cc1. The summed E-state index contributed by atoms with van der Waals surface area (Å²) in [5.74, 6) is 0.666. The highest BCUT2D eigenvalue weighted by molar-refractivity contribution is 6.33. The van der Waals surface area contributed by atoms with E-state index in [-0.39, 0.29) is 5.28 Å². The fourth-order valence-electron chi connectivity index (χ4n) is 15.6. The second-order valence-corrected chi connectivity index (χ2v) is 25.3. The summed E-state index contributed by atoms with van der Waals surface area (Å²) < 4.78 is 7.19. The number of hydrogen-bond acceptors (Lipinski definition) is 4. The minimum Gasteiger partial charge on any atom is -0.354 e. The van der Waals surface area contributed by atoms with Gasteiger partial charge in [-0.05, 0) is 117 Å². The first-order valence-corrected chi connectivity index (χ1v) is 33.1. The number of para-hydroxylation sites is 4. The van der Waals surface area contributed by atoms with Crippen LogP contribution in [-0.2, 0) is 0 Å². The summed E-state index contributed by atoms with van der Waals surface area (Å²) in [5.41, 5.74) is 22.3. The van der Waals surface area contributed by atoms with Gasteiger partial charge < -0.3 is 13.8 Å². The number of aromatic amines is 1. The number of rotatable bonds is 5. The standard InChI is InChI=1S/C44H26N4.C24H14N2.C20H13ClN2/c1-3-12-27(13-4-1)29-24-25-35-34(26-29)42(28-14-5-2-6-15-28)46-44(45-35)48-37-21-10-17-31-33-19-9-18-32-30-16-7-8-20-36(30)47(43(32)33)38-22-11-23-39(48)41(38)40(31)37;1-2-12-20-14(6-1)16-8-3-9-17-15-7-4-10-18-22(15)23-19(25-18)11-5-13-21(23)26(20)24(16)17;21-20-22-18-12-11-16(14-7-3-1-4-8-14)13-17(18)19(23-20)15-9-5-2-6-10-15/h1-26H;1-13,25H;1-13H.